The van der Waals surface area contributed by atoms with Gasteiger partial charge in [-0.05, 0) is 105 Å². The Kier molecular flexibility index (Phi) is 27.1. The number of hydrogen-bond acceptors (Lipinski definition) is 17. The molecule has 4 N–H and O–H groups in total. The van der Waals surface area contributed by atoms with Crippen LogP contribution in [0.1, 0.15) is 123 Å². The fourth-order valence-corrected chi connectivity index (χ4v) is 8.97. The predicted octanol–water partition coefficient (Wildman–Crippen LogP) is -3.67. The van der Waals surface area contributed by atoms with Gasteiger partial charge in [-0.2, -0.15) is 0 Å². The van der Waals surface area contributed by atoms with Gasteiger partial charge in [0, 0.05) is 95.6 Å². The molecular formula is C55H92BN16NaO13. The summed E-state index contributed by atoms with van der Waals surface area (Å²) in [5, 5.41) is 35.6. The van der Waals surface area contributed by atoms with Crippen LogP contribution in [0, 0.1) is 0 Å². The molecular weight excluding hydrogens is 1130 g/mol. The fraction of sp³-hybridized carbons (Fsp3) is 0.618. The number of hydrogen-bond donors (Lipinski definition) is 4. The SMILES string of the molecule is C.CC(=O)CCCCn1c(=O)c2c(ncn2C)n(C)c1=O.CCO.[2H]C(C)(O)CCCCn1c(=O)c2c(ncn2C)n(C)c1=O.[2H][B-]([2H])([2H])[2H].[2H][C@@](C)(O)CCCCn1c(=O)c2c(ncn2C)n(C)c1=O.[2H][C@](C)(O)CCCCn1c(=O)c2c(ncn2C)n(C)c1=O.[Na+]. The van der Waals surface area contributed by atoms with Crippen molar-refractivity contribution in [2.24, 2.45) is 56.4 Å². The van der Waals surface area contributed by atoms with Crippen molar-refractivity contribution >= 4 is 58.7 Å². The summed E-state index contributed by atoms with van der Waals surface area (Å²) in [6, 6.07) is 0. The standard InChI is InChI=1S/3C13H20N4O3.C13H18N4O3.C2H6O.CH4.BH4.Na/c4*1-9(18)6-4-5-7-17-12(19)10-11(14-8-15(10)2)16(3)13(17)20;1-2-3;;;/h3*8-9,18H,4-7H2,1-3H3;8H,4-7H2,1-3H3;3H,2H2,1H3;2*1H4;/q;;;;;;-1;+1/t2*9-;;;;;;/m10....../s1/i3*9D;;;;1D4;. The van der Waals surface area contributed by atoms with Gasteiger partial charge in [-0.15, -0.1) is 0 Å². The Morgan fingerprint density at radius 2 is 0.674 bits per heavy atom. The van der Waals surface area contributed by atoms with E-state index >= 15 is 0 Å². The van der Waals surface area contributed by atoms with E-state index in [0.717, 1.165) is 0 Å². The number of aliphatic hydroxyl groups is 4. The first-order chi connectivity index (χ1) is 42.0. The molecule has 1 unspecified atom stereocenters. The van der Waals surface area contributed by atoms with E-state index in [1.54, 1.807) is 81.6 Å². The molecule has 8 rings (SSSR count). The summed E-state index contributed by atoms with van der Waals surface area (Å²) in [7, 11) is 10.2. The molecule has 0 saturated heterocycles. The number of carbonyl (C=O) groups excluding carboxylic acids is 1. The minimum absolute atomic E-state index is 0. The Labute approximate surface area is 530 Å². The van der Waals surface area contributed by atoms with Crippen LogP contribution >= 0.6 is 0 Å². The molecule has 0 radical (unpaired) electrons. The van der Waals surface area contributed by atoms with E-state index in [0.29, 0.717) is 128 Å². The molecule has 0 saturated carbocycles. The van der Waals surface area contributed by atoms with Crippen molar-refractivity contribution in [3.8, 4) is 0 Å². The van der Waals surface area contributed by atoms with Crippen LogP contribution < -0.4 is 74.6 Å². The van der Waals surface area contributed by atoms with E-state index in [2.05, 4.69) is 19.9 Å². The third-order valence-corrected chi connectivity index (χ3v) is 13.5. The topological polar surface area (TPSA) is 345 Å². The van der Waals surface area contributed by atoms with E-state index < -0.39 is 43.6 Å². The molecule has 8 heterocycles. The van der Waals surface area contributed by atoms with Gasteiger partial charge in [-0.25, -0.2) is 44.5 Å². The summed E-state index contributed by atoms with van der Waals surface area (Å²) >= 11 is 0. The minimum Gasteiger partial charge on any atom is -0.397 e. The molecule has 8 aromatic rings. The molecule has 0 aliphatic rings. The number of nitrogens with zero attached hydrogens (tertiary/aromatic N) is 16. The molecule has 3 atom stereocenters. The smallest absolute Gasteiger partial charge is 0.397 e. The van der Waals surface area contributed by atoms with E-state index in [1.807, 2.05) is 0 Å². The average Bonchev–Trinajstić information content (AvgIpc) is 1.73. The Balaban J connectivity index is 0.000000591. The quantitative estimate of drug-likeness (QED) is 0.0422. The van der Waals surface area contributed by atoms with Crippen LogP contribution in [0.25, 0.3) is 44.7 Å². The zero-order valence-electron chi connectivity index (χ0n) is 58.5. The van der Waals surface area contributed by atoms with Gasteiger partial charge in [0.1, 0.15) is 5.78 Å². The molecule has 0 fully saturated rings. The maximum absolute atomic E-state index is 12.4. The first-order valence-electron chi connectivity index (χ1n) is 31.0. The zero-order chi connectivity index (χ0) is 69.4. The summed E-state index contributed by atoms with van der Waals surface area (Å²) < 4.78 is 62.7. The Morgan fingerprint density at radius 1 is 0.477 bits per heavy atom. The monoisotopic (exact) mass is 1230 g/mol. The van der Waals surface area contributed by atoms with E-state index in [9.17, 15) is 58.5 Å². The van der Waals surface area contributed by atoms with Crippen LogP contribution in [-0.4, -0.2) is 139 Å². The summed E-state index contributed by atoms with van der Waals surface area (Å²) in [5.74, 6) is 0.118. The summed E-state index contributed by atoms with van der Waals surface area (Å²) in [6.07, 6.45) is 7.65. The van der Waals surface area contributed by atoms with Gasteiger partial charge in [-0.3, -0.25) is 55.7 Å². The Bertz CT molecular complexity index is 3960. The van der Waals surface area contributed by atoms with Crippen molar-refractivity contribution < 1.29 is 58.9 Å². The predicted molar refractivity (Wildman–Crippen MR) is 333 cm³/mol. The maximum atomic E-state index is 12.4. The summed E-state index contributed by atoms with van der Waals surface area (Å²) in [4.78, 5) is 125. The molecule has 0 aliphatic carbocycles. The number of Topliss-reactive ketones (excluding diaryl/α,β-unsaturated/α-hetero) is 1. The number of unbranched alkanes of at least 4 members (excludes halogenated alkanes) is 4. The van der Waals surface area contributed by atoms with Crippen LogP contribution in [0.4, 0.5) is 0 Å². The third kappa shape index (κ3) is 19.1. The number of imidazole rings is 4. The van der Waals surface area contributed by atoms with Gasteiger partial charge >= 0.3 is 52.3 Å². The molecule has 0 bridgehead atoms. The van der Waals surface area contributed by atoms with Gasteiger partial charge in [0.2, 0.25) is 0 Å². The Hall–Kier alpha value is -6.83. The van der Waals surface area contributed by atoms with Gasteiger partial charge in [0.25, 0.3) is 22.2 Å². The number of carbonyl (C=O) groups is 1. The van der Waals surface area contributed by atoms with E-state index in [1.165, 1.54) is 89.5 Å². The summed E-state index contributed by atoms with van der Waals surface area (Å²) in [5.41, 5.74) is 0.141. The first kappa shape index (κ1) is 65.2. The second-order valence-electron chi connectivity index (χ2n) is 20.4. The van der Waals surface area contributed by atoms with Crippen molar-refractivity contribution in [2.45, 2.75) is 164 Å². The first-order valence-corrected chi connectivity index (χ1v) is 27.2. The fourth-order valence-electron chi connectivity index (χ4n) is 8.97. The molecule has 31 heteroatoms. The Morgan fingerprint density at radius 3 is 0.860 bits per heavy atom. The minimum atomic E-state index is -3.00. The maximum Gasteiger partial charge on any atom is 1.00 e. The van der Waals surface area contributed by atoms with Crippen LogP contribution in [-0.2, 0) is 87.4 Å². The number of aromatic nitrogens is 16. The van der Waals surface area contributed by atoms with Gasteiger partial charge in [0.05, 0.1) is 47.7 Å². The molecule has 0 amide bonds. The molecule has 8 aromatic heterocycles. The van der Waals surface area contributed by atoms with Crippen molar-refractivity contribution in [1.82, 2.24) is 74.7 Å². The molecule has 86 heavy (non-hydrogen) atoms. The van der Waals surface area contributed by atoms with E-state index in [-0.39, 0.29) is 96.9 Å². The number of ketones is 1. The van der Waals surface area contributed by atoms with Gasteiger partial charge in [-0.1, -0.05) is 15.7 Å². The molecule has 0 spiro atoms. The van der Waals surface area contributed by atoms with Crippen LogP contribution in [0.15, 0.2) is 63.7 Å². The average molecular weight is 1230 g/mol. The van der Waals surface area contributed by atoms with Crippen LogP contribution in [0.3, 0.4) is 0 Å². The molecule has 0 aromatic carbocycles. The van der Waals surface area contributed by atoms with Gasteiger partial charge < -0.3 is 43.5 Å². The normalized spacial score (nSPS) is 14.2. The van der Waals surface area contributed by atoms with Crippen LogP contribution in [0.2, 0.25) is 0 Å². The zero-order valence-corrected chi connectivity index (χ0v) is 53.5. The second kappa shape index (κ2) is 35.7. The largest absolute Gasteiger partial charge is 1.00 e. The number of aryl methyl sites for hydroxylation is 8. The van der Waals surface area contributed by atoms with Crippen molar-refractivity contribution in [3.63, 3.8) is 0 Å². The number of fused-ring (bicyclic) bond motifs is 4. The van der Waals surface area contributed by atoms with Crippen LogP contribution in [0.5, 0.6) is 0 Å². The summed E-state index contributed by atoms with van der Waals surface area (Å²) in [6.45, 7) is 8.83. The number of rotatable bonds is 20. The van der Waals surface area contributed by atoms with Gasteiger partial charge in [0.15, 0.2) is 44.7 Å². The second-order valence-corrected chi connectivity index (χ2v) is 20.4. The molecule has 29 nitrogen and oxygen atoms in total. The van der Waals surface area contributed by atoms with Crippen molar-refractivity contribution in [3.05, 3.63) is 109 Å². The van der Waals surface area contributed by atoms with E-state index in [4.69, 9.17) is 14.6 Å². The van der Waals surface area contributed by atoms with Crippen molar-refractivity contribution in [1.29, 1.82) is 5.34 Å². The molecule has 474 valence electrons. The van der Waals surface area contributed by atoms with Crippen molar-refractivity contribution in [2.75, 3.05) is 6.61 Å². The molecule has 0 aliphatic heterocycles. The third-order valence-electron chi connectivity index (χ3n) is 13.5. The number of aliphatic hydroxyl groups excluding tert-OH is 1.